The SMILES string of the molecule is CCn1ccnc1NCCOCC(F)F. The first-order valence-electron chi connectivity index (χ1n) is 4.85. The first-order chi connectivity index (χ1) is 7.24. The quantitative estimate of drug-likeness (QED) is 0.708. The molecule has 6 heteroatoms. The number of alkyl halides is 2. The lowest BCUT2D eigenvalue weighted by molar-refractivity contribution is 0.0214. The third-order valence-corrected chi connectivity index (χ3v) is 1.83. The molecule has 0 saturated carbocycles. The van der Waals surface area contributed by atoms with Crippen molar-refractivity contribution in [1.29, 1.82) is 0 Å². The summed E-state index contributed by atoms with van der Waals surface area (Å²) >= 11 is 0. The van der Waals surface area contributed by atoms with Gasteiger partial charge in [0.1, 0.15) is 6.61 Å². The number of hydrogen-bond acceptors (Lipinski definition) is 3. The summed E-state index contributed by atoms with van der Waals surface area (Å²) in [5.41, 5.74) is 0. The zero-order valence-corrected chi connectivity index (χ0v) is 8.62. The van der Waals surface area contributed by atoms with Gasteiger partial charge in [-0.15, -0.1) is 0 Å². The Bertz CT molecular complexity index is 278. The molecule has 0 aliphatic rings. The standard InChI is InChI=1S/C9H15F2N3O/c1-2-14-5-3-12-9(14)13-4-6-15-7-8(10)11/h3,5,8H,2,4,6-7H2,1H3,(H,12,13). The van der Waals surface area contributed by atoms with Gasteiger partial charge >= 0.3 is 0 Å². The summed E-state index contributed by atoms with van der Waals surface area (Å²) in [6, 6.07) is 0. The molecule has 0 saturated heterocycles. The molecule has 0 aromatic carbocycles. The van der Waals surface area contributed by atoms with Crippen LogP contribution in [0.1, 0.15) is 6.92 Å². The molecule has 0 amide bonds. The van der Waals surface area contributed by atoms with E-state index in [1.807, 2.05) is 17.7 Å². The zero-order valence-electron chi connectivity index (χ0n) is 8.62. The number of aromatic nitrogens is 2. The predicted molar refractivity (Wildman–Crippen MR) is 53.2 cm³/mol. The molecule has 0 aliphatic carbocycles. The summed E-state index contributed by atoms with van der Waals surface area (Å²) in [5, 5.41) is 3.00. The second-order valence-corrected chi connectivity index (χ2v) is 2.93. The van der Waals surface area contributed by atoms with Crippen LogP contribution < -0.4 is 5.32 Å². The summed E-state index contributed by atoms with van der Waals surface area (Å²) in [6.07, 6.45) is 1.14. The number of halogens is 2. The van der Waals surface area contributed by atoms with E-state index in [1.165, 1.54) is 0 Å². The predicted octanol–water partition coefficient (Wildman–Crippen LogP) is 1.60. The lowest BCUT2D eigenvalue weighted by Gasteiger charge is -2.07. The van der Waals surface area contributed by atoms with E-state index in [2.05, 4.69) is 10.3 Å². The maximum absolute atomic E-state index is 11.7. The Labute approximate surface area is 87.3 Å². The van der Waals surface area contributed by atoms with Gasteiger partial charge in [0.05, 0.1) is 6.61 Å². The Hall–Kier alpha value is -1.17. The molecule has 1 N–H and O–H groups in total. The highest BCUT2D eigenvalue weighted by atomic mass is 19.3. The second-order valence-electron chi connectivity index (χ2n) is 2.93. The highest BCUT2D eigenvalue weighted by Crippen LogP contribution is 2.02. The Balaban J connectivity index is 2.15. The summed E-state index contributed by atoms with van der Waals surface area (Å²) in [6.45, 7) is 3.04. The van der Waals surface area contributed by atoms with Crippen molar-refractivity contribution in [3.05, 3.63) is 12.4 Å². The average Bonchev–Trinajstić information content (AvgIpc) is 2.64. The molecule has 0 bridgehead atoms. The summed E-state index contributed by atoms with van der Waals surface area (Å²) in [7, 11) is 0. The highest BCUT2D eigenvalue weighted by molar-refractivity contribution is 5.25. The number of aryl methyl sites for hydroxylation is 1. The number of anilines is 1. The topological polar surface area (TPSA) is 39.1 Å². The molecule has 1 rings (SSSR count). The van der Waals surface area contributed by atoms with Crippen molar-refractivity contribution in [2.45, 2.75) is 19.9 Å². The van der Waals surface area contributed by atoms with E-state index < -0.39 is 13.0 Å². The molecule has 1 aromatic heterocycles. The van der Waals surface area contributed by atoms with Crippen molar-refractivity contribution in [2.24, 2.45) is 0 Å². The van der Waals surface area contributed by atoms with Crippen molar-refractivity contribution in [3.8, 4) is 0 Å². The van der Waals surface area contributed by atoms with Crippen LogP contribution in [0.2, 0.25) is 0 Å². The van der Waals surface area contributed by atoms with E-state index in [4.69, 9.17) is 4.74 Å². The number of hydrogen-bond donors (Lipinski definition) is 1. The van der Waals surface area contributed by atoms with Gasteiger partial charge in [0.15, 0.2) is 0 Å². The number of nitrogens with one attached hydrogen (secondary N) is 1. The lowest BCUT2D eigenvalue weighted by atomic mass is 10.6. The van der Waals surface area contributed by atoms with Gasteiger partial charge in [-0.25, -0.2) is 13.8 Å². The van der Waals surface area contributed by atoms with Gasteiger partial charge in [-0.2, -0.15) is 0 Å². The van der Waals surface area contributed by atoms with Crippen LogP contribution >= 0.6 is 0 Å². The van der Waals surface area contributed by atoms with Crippen molar-refractivity contribution in [2.75, 3.05) is 25.1 Å². The minimum absolute atomic E-state index is 0.251. The third kappa shape index (κ3) is 4.24. The molecule has 86 valence electrons. The number of rotatable bonds is 7. The number of nitrogens with zero attached hydrogens (tertiary/aromatic N) is 2. The van der Waals surface area contributed by atoms with Gasteiger partial charge in [-0.05, 0) is 6.92 Å². The normalized spacial score (nSPS) is 10.9. The van der Waals surface area contributed by atoms with E-state index in [1.54, 1.807) is 6.20 Å². The maximum atomic E-state index is 11.7. The van der Waals surface area contributed by atoms with Crippen LogP contribution in [0.4, 0.5) is 14.7 Å². The minimum Gasteiger partial charge on any atom is -0.374 e. The minimum atomic E-state index is -2.40. The molecular formula is C9H15F2N3O. The van der Waals surface area contributed by atoms with E-state index in [0.717, 1.165) is 12.5 Å². The third-order valence-electron chi connectivity index (χ3n) is 1.83. The average molecular weight is 219 g/mol. The molecule has 15 heavy (non-hydrogen) atoms. The Kier molecular flexibility index (Phi) is 5.03. The summed E-state index contributed by atoms with van der Waals surface area (Å²) < 4.78 is 30.0. The van der Waals surface area contributed by atoms with Crippen LogP contribution in [0, 0.1) is 0 Å². The van der Waals surface area contributed by atoms with Crippen molar-refractivity contribution in [1.82, 2.24) is 9.55 Å². The monoisotopic (exact) mass is 219 g/mol. The van der Waals surface area contributed by atoms with Crippen LogP contribution in [0.5, 0.6) is 0 Å². The number of ether oxygens (including phenoxy) is 1. The van der Waals surface area contributed by atoms with Gasteiger partial charge < -0.3 is 14.6 Å². The van der Waals surface area contributed by atoms with Gasteiger partial charge in [-0.1, -0.05) is 0 Å². The van der Waals surface area contributed by atoms with Crippen molar-refractivity contribution in [3.63, 3.8) is 0 Å². The van der Waals surface area contributed by atoms with Crippen LogP contribution in [0.25, 0.3) is 0 Å². The smallest absolute Gasteiger partial charge is 0.261 e. The second kappa shape index (κ2) is 6.34. The first kappa shape index (κ1) is 11.9. The van der Waals surface area contributed by atoms with Gasteiger partial charge in [0.2, 0.25) is 5.95 Å². The zero-order chi connectivity index (χ0) is 11.1. The molecule has 0 unspecified atom stereocenters. The Morgan fingerprint density at radius 2 is 2.40 bits per heavy atom. The Morgan fingerprint density at radius 3 is 3.07 bits per heavy atom. The fourth-order valence-electron chi connectivity index (χ4n) is 1.14. The Morgan fingerprint density at radius 1 is 1.60 bits per heavy atom. The van der Waals surface area contributed by atoms with Gasteiger partial charge in [-0.3, -0.25) is 0 Å². The molecule has 4 nitrogen and oxygen atoms in total. The molecule has 0 spiro atoms. The number of imidazole rings is 1. The lowest BCUT2D eigenvalue weighted by Crippen LogP contribution is -2.15. The summed E-state index contributed by atoms with van der Waals surface area (Å²) in [5.74, 6) is 0.734. The molecule has 0 radical (unpaired) electrons. The molecule has 0 fully saturated rings. The molecule has 1 aromatic rings. The molecule has 1 heterocycles. The van der Waals surface area contributed by atoms with Crippen molar-refractivity contribution < 1.29 is 13.5 Å². The van der Waals surface area contributed by atoms with Gasteiger partial charge in [0.25, 0.3) is 6.43 Å². The van der Waals surface area contributed by atoms with E-state index in [9.17, 15) is 8.78 Å². The van der Waals surface area contributed by atoms with Crippen LogP contribution in [-0.4, -0.2) is 35.7 Å². The molecular weight excluding hydrogens is 204 g/mol. The van der Waals surface area contributed by atoms with Crippen molar-refractivity contribution >= 4 is 5.95 Å². The summed E-state index contributed by atoms with van der Waals surface area (Å²) in [4.78, 5) is 4.07. The van der Waals surface area contributed by atoms with E-state index in [-0.39, 0.29) is 6.61 Å². The highest BCUT2D eigenvalue weighted by Gasteiger charge is 2.02. The largest absolute Gasteiger partial charge is 0.374 e. The van der Waals surface area contributed by atoms with E-state index >= 15 is 0 Å². The van der Waals surface area contributed by atoms with Crippen LogP contribution in [0.15, 0.2) is 12.4 Å². The van der Waals surface area contributed by atoms with Gasteiger partial charge in [0, 0.05) is 25.5 Å². The van der Waals surface area contributed by atoms with Crippen LogP contribution in [0.3, 0.4) is 0 Å². The first-order valence-corrected chi connectivity index (χ1v) is 4.85. The maximum Gasteiger partial charge on any atom is 0.261 e. The fourth-order valence-corrected chi connectivity index (χ4v) is 1.14. The fraction of sp³-hybridized carbons (Fsp3) is 0.667. The van der Waals surface area contributed by atoms with Crippen LogP contribution in [-0.2, 0) is 11.3 Å². The molecule has 0 atom stereocenters. The van der Waals surface area contributed by atoms with E-state index in [0.29, 0.717) is 6.54 Å². The molecule has 0 aliphatic heterocycles.